The second kappa shape index (κ2) is 7.28. The topological polar surface area (TPSA) is 96.7 Å². The van der Waals surface area contributed by atoms with E-state index in [0.717, 1.165) is 13.0 Å². The van der Waals surface area contributed by atoms with Gasteiger partial charge in [-0.25, -0.2) is 0 Å². The molecule has 138 valence electrons. The predicted molar refractivity (Wildman–Crippen MR) is 98.5 cm³/mol. The summed E-state index contributed by atoms with van der Waals surface area (Å²) in [5, 5.41) is 6.76. The number of anilines is 1. The van der Waals surface area contributed by atoms with Crippen LogP contribution in [0.25, 0.3) is 0 Å². The summed E-state index contributed by atoms with van der Waals surface area (Å²) in [7, 11) is -1.99. The molecule has 0 radical (unpaired) electrons. The van der Waals surface area contributed by atoms with Gasteiger partial charge < -0.3 is 10.2 Å². The monoisotopic (exact) mass is 375 g/mol. The number of aromatic nitrogens is 2. The van der Waals surface area contributed by atoms with Gasteiger partial charge in [0.05, 0.1) is 4.90 Å². The first kappa shape index (κ1) is 18.1. The molecule has 0 spiro atoms. The molecule has 1 saturated heterocycles. The summed E-state index contributed by atoms with van der Waals surface area (Å²) in [5.74, 6) is 0.275. The van der Waals surface area contributed by atoms with Crippen molar-refractivity contribution in [2.24, 2.45) is 4.40 Å². The van der Waals surface area contributed by atoms with Crippen LogP contribution >= 0.6 is 0 Å². The second-order valence-electron chi connectivity index (χ2n) is 6.19. The van der Waals surface area contributed by atoms with Gasteiger partial charge in [0.1, 0.15) is 11.9 Å². The summed E-state index contributed by atoms with van der Waals surface area (Å²) in [5.41, 5.74) is 0.398. The minimum Gasteiger partial charge on any atom is -0.362 e. The molecule has 1 unspecified atom stereocenters. The number of hydrogen-bond acceptors (Lipinski definition) is 4. The van der Waals surface area contributed by atoms with Crippen molar-refractivity contribution in [3.8, 4) is 0 Å². The summed E-state index contributed by atoms with van der Waals surface area (Å²) in [6, 6.07) is 7.33. The van der Waals surface area contributed by atoms with Gasteiger partial charge in [0.15, 0.2) is 0 Å². The SMILES string of the molecule is CC(C(=O)Nc1cccc(S(=O)(=O)/N=C2/CCCN2C)c1)n1cccn1. The van der Waals surface area contributed by atoms with Gasteiger partial charge in [-0.15, -0.1) is 4.40 Å². The van der Waals surface area contributed by atoms with E-state index in [2.05, 4.69) is 14.8 Å². The first-order valence-corrected chi connectivity index (χ1v) is 9.76. The van der Waals surface area contributed by atoms with Crippen molar-refractivity contribution in [1.82, 2.24) is 14.7 Å². The minimum atomic E-state index is -3.82. The molecule has 1 aliphatic rings. The molecule has 1 fully saturated rings. The number of benzene rings is 1. The summed E-state index contributed by atoms with van der Waals surface area (Å²) in [4.78, 5) is 14.2. The summed E-state index contributed by atoms with van der Waals surface area (Å²) in [6.07, 6.45) is 4.83. The number of nitrogens with zero attached hydrogens (tertiary/aromatic N) is 4. The number of hydrogen-bond donors (Lipinski definition) is 1. The molecule has 1 aliphatic heterocycles. The van der Waals surface area contributed by atoms with Crippen LogP contribution in [-0.2, 0) is 14.8 Å². The Balaban J connectivity index is 1.79. The van der Waals surface area contributed by atoms with Crippen molar-refractivity contribution in [3.05, 3.63) is 42.7 Å². The fourth-order valence-electron chi connectivity index (χ4n) is 2.71. The summed E-state index contributed by atoms with van der Waals surface area (Å²) < 4.78 is 30.6. The number of nitrogens with one attached hydrogen (secondary N) is 1. The molecule has 1 N–H and O–H groups in total. The van der Waals surface area contributed by atoms with Crippen molar-refractivity contribution in [2.75, 3.05) is 18.9 Å². The van der Waals surface area contributed by atoms with Crippen LogP contribution in [0.5, 0.6) is 0 Å². The molecule has 1 atom stereocenters. The van der Waals surface area contributed by atoms with E-state index >= 15 is 0 Å². The number of likely N-dealkylation sites (tertiary alicyclic amines) is 1. The number of rotatable bonds is 5. The normalized spacial score (nSPS) is 17.5. The van der Waals surface area contributed by atoms with Crippen molar-refractivity contribution in [2.45, 2.75) is 30.7 Å². The molecule has 1 aromatic carbocycles. The van der Waals surface area contributed by atoms with E-state index in [1.54, 1.807) is 37.5 Å². The average Bonchev–Trinajstić information content (AvgIpc) is 3.27. The highest BCUT2D eigenvalue weighted by molar-refractivity contribution is 7.90. The maximum atomic E-state index is 12.6. The van der Waals surface area contributed by atoms with E-state index < -0.39 is 16.1 Å². The van der Waals surface area contributed by atoms with Crippen molar-refractivity contribution >= 4 is 27.5 Å². The van der Waals surface area contributed by atoms with Crippen molar-refractivity contribution < 1.29 is 13.2 Å². The van der Waals surface area contributed by atoms with Crippen LogP contribution < -0.4 is 5.32 Å². The molecule has 2 heterocycles. The van der Waals surface area contributed by atoms with E-state index in [4.69, 9.17) is 0 Å². The summed E-state index contributed by atoms with van der Waals surface area (Å²) in [6.45, 7) is 2.51. The first-order chi connectivity index (χ1) is 12.4. The van der Waals surface area contributed by atoms with Crippen LogP contribution in [0.4, 0.5) is 5.69 Å². The van der Waals surface area contributed by atoms with Crippen molar-refractivity contribution in [3.63, 3.8) is 0 Å². The fourth-order valence-corrected chi connectivity index (χ4v) is 3.85. The average molecular weight is 375 g/mol. The first-order valence-electron chi connectivity index (χ1n) is 8.32. The maximum absolute atomic E-state index is 12.6. The van der Waals surface area contributed by atoms with E-state index in [1.165, 1.54) is 16.8 Å². The Kier molecular flexibility index (Phi) is 5.08. The van der Waals surface area contributed by atoms with Gasteiger partial charge in [0.2, 0.25) is 5.91 Å². The third-order valence-electron chi connectivity index (χ3n) is 4.26. The predicted octanol–water partition coefficient (Wildman–Crippen LogP) is 1.90. The Labute approximate surface area is 152 Å². The van der Waals surface area contributed by atoms with Gasteiger partial charge in [0, 0.05) is 38.1 Å². The van der Waals surface area contributed by atoms with Crippen LogP contribution in [0, 0.1) is 0 Å². The van der Waals surface area contributed by atoms with Gasteiger partial charge in [0.25, 0.3) is 10.0 Å². The Bertz CT molecular complexity index is 922. The van der Waals surface area contributed by atoms with Crippen LogP contribution in [0.15, 0.2) is 52.0 Å². The molecule has 0 aliphatic carbocycles. The van der Waals surface area contributed by atoms with Crippen LogP contribution in [0.1, 0.15) is 25.8 Å². The third kappa shape index (κ3) is 3.93. The number of sulfonamides is 1. The molecular formula is C17H21N5O3S. The lowest BCUT2D eigenvalue weighted by Crippen LogP contribution is -2.24. The van der Waals surface area contributed by atoms with Gasteiger partial charge in [-0.1, -0.05) is 6.07 Å². The molecule has 1 amide bonds. The maximum Gasteiger partial charge on any atom is 0.284 e. The van der Waals surface area contributed by atoms with E-state index in [9.17, 15) is 13.2 Å². The number of carbonyl (C=O) groups excluding carboxylic acids is 1. The molecule has 0 bridgehead atoms. The summed E-state index contributed by atoms with van der Waals surface area (Å²) >= 11 is 0. The van der Waals surface area contributed by atoms with Crippen molar-refractivity contribution in [1.29, 1.82) is 0 Å². The third-order valence-corrected chi connectivity index (χ3v) is 5.56. The lowest BCUT2D eigenvalue weighted by Gasteiger charge is -2.13. The zero-order chi connectivity index (χ0) is 18.7. The Hall–Kier alpha value is -2.68. The van der Waals surface area contributed by atoms with E-state index in [1.807, 2.05) is 11.9 Å². The van der Waals surface area contributed by atoms with E-state index in [0.29, 0.717) is 17.9 Å². The standard InChI is InChI=1S/C17H21N5O3S/c1-13(22-11-5-9-18-22)17(23)19-14-6-3-7-15(12-14)26(24,25)20-16-8-4-10-21(16)2/h3,5-7,9,11-13H,4,8,10H2,1-2H3,(H,19,23)/b20-16-. The molecule has 8 nitrogen and oxygen atoms in total. The molecule has 0 saturated carbocycles. The lowest BCUT2D eigenvalue weighted by atomic mass is 10.2. The fraction of sp³-hybridized carbons (Fsp3) is 0.353. The Morgan fingerprint density at radius 2 is 2.15 bits per heavy atom. The van der Waals surface area contributed by atoms with Gasteiger partial charge in [-0.2, -0.15) is 13.5 Å². The molecule has 26 heavy (non-hydrogen) atoms. The highest BCUT2D eigenvalue weighted by atomic mass is 32.2. The van der Waals surface area contributed by atoms with Crippen LogP contribution in [0.2, 0.25) is 0 Å². The minimum absolute atomic E-state index is 0.0508. The van der Waals surface area contributed by atoms with E-state index in [-0.39, 0.29) is 10.8 Å². The largest absolute Gasteiger partial charge is 0.362 e. The number of carbonyl (C=O) groups is 1. The quantitative estimate of drug-likeness (QED) is 0.861. The molecule has 2 aromatic rings. The Morgan fingerprint density at radius 1 is 1.35 bits per heavy atom. The van der Waals surface area contributed by atoms with Gasteiger partial charge in [-0.3, -0.25) is 9.48 Å². The Morgan fingerprint density at radius 3 is 2.81 bits per heavy atom. The smallest absolute Gasteiger partial charge is 0.284 e. The number of amides is 1. The highest BCUT2D eigenvalue weighted by Gasteiger charge is 2.21. The van der Waals surface area contributed by atoms with Gasteiger partial charge >= 0.3 is 0 Å². The highest BCUT2D eigenvalue weighted by Crippen LogP contribution is 2.21. The van der Waals surface area contributed by atoms with Gasteiger partial charge in [-0.05, 0) is 37.6 Å². The lowest BCUT2D eigenvalue weighted by molar-refractivity contribution is -0.119. The second-order valence-corrected chi connectivity index (χ2v) is 7.79. The molecule has 1 aromatic heterocycles. The van der Waals surface area contributed by atoms with Crippen LogP contribution in [0.3, 0.4) is 0 Å². The number of amidine groups is 1. The molecule has 3 rings (SSSR count). The zero-order valence-corrected chi connectivity index (χ0v) is 15.5. The molecule has 9 heteroatoms. The molecular weight excluding hydrogens is 354 g/mol. The van der Waals surface area contributed by atoms with Crippen LogP contribution in [-0.4, -0.2) is 48.4 Å². The zero-order valence-electron chi connectivity index (χ0n) is 14.7.